The van der Waals surface area contributed by atoms with Gasteiger partial charge in [-0.25, -0.2) is 0 Å². The monoisotopic (exact) mass is 332 g/mol. The van der Waals surface area contributed by atoms with Crippen molar-refractivity contribution in [3.05, 3.63) is 0 Å². The topological polar surface area (TPSA) is 130 Å². The molecule has 0 spiro atoms. The van der Waals surface area contributed by atoms with Crippen molar-refractivity contribution < 1.29 is 34.3 Å². The minimum absolute atomic E-state index is 0.00220. The third-order valence-corrected chi connectivity index (χ3v) is 4.93. The van der Waals surface area contributed by atoms with Crippen molar-refractivity contribution in [2.75, 3.05) is 14.1 Å². The van der Waals surface area contributed by atoms with Crippen molar-refractivity contribution in [1.82, 2.24) is 10.6 Å². The van der Waals surface area contributed by atoms with Crippen molar-refractivity contribution in [3.8, 4) is 0 Å². The smallest absolute Gasteiger partial charge is 0.280 e. The molecule has 3 aliphatic rings. The Hall–Kier alpha value is -0.650. The van der Waals surface area contributed by atoms with Crippen molar-refractivity contribution in [1.29, 1.82) is 0 Å². The predicted molar refractivity (Wildman–Crippen MR) is 76.4 cm³/mol. The summed E-state index contributed by atoms with van der Waals surface area (Å²) in [6, 6.07) is -1.29. The van der Waals surface area contributed by atoms with Crippen LogP contribution in [0.1, 0.15) is 13.3 Å². The SMILES string of the molecule is CN[C@H]1[C@@H](O)[C@@H](NC)C2O[C@@]3(O)C(=O)C[C@H](C)OC3O[C@@H]2[C@H]1O. The number of ether oxygens (including phenoxy) is 3. The van der Waals surface area contributed by atoms with E-state index in [1.165, 1.54) is 0 Å². The molecule has 1 saturated carbocycles. The molecule has 0 bridgehead atoms. The zero-order chi connectivity index (χ0) is 16.9. The standard InChI is InChI=1S/C14H24N2O7/c1-5-4-6(17)14(20)13(21-5)22-12-10(19)7(15-2)9(18)8(16-3)11(12)23-14/h5,7-13,15-16,18-20H,4H2,1-3H3/t5-,7-,8+,9+,10-,11?,12+,13?,14-/m0/s1. The van der Waals surface area contributed by atoms with Gasteiger partial charge in [0.2, 0.25) is 6.29 Å². The average molecular weight is 332 g/mol. The fourth-order valence-corrected chi connectivity index (χ4v) is 3.68. The van der Waals surface area contributed by atoms with Gasteiger partial charge in [-0.05, 0) is 21.0 Å². The number of rotatable bonds is 2. The van der Waals surface area contributed by atoms with Gasteiger partial charge in [0, 0.05) is 6.42 Å². The Kier molecular flexibility index (Phi) is 4.49. The van der Waals surface area contributed by atoms with E-state index < -0.39 is 60.5 Å². The molecule has 2 saturated heterocycles. The van der Waals surface area contributed by atoms with Gasteiger partial charge < -0.3 is 40.2 Å². The molecule has 9 heteroatoms. The van der Waals surface area contributed by atoms with Gasteiger partial charge in [-0.2, -0.15) is 0 Å². The number of nitrogens with one attached hydrogen (secondary N) is 2. The van der Waals surface area contributed by atoms with Gasteiger partial charge in [0.1, 0.15) is 18.3 Å². The molecule has 3 fully saturated rings. The van der Waals surface area contributed by atoms with E-state index >= 15 is 0 Å². The summed E-state index contributed by atoms with van der Waals surface area (Å²) in [7, 11) is 3.24. The highest BCUT2D eigenvalue weighted by molar-refractivity contribution is 5.87. The van der Waals surface area contributed by atoms with Gasteiger partial charge in [-0.15, -0.1) is 0 Å². The number of ketones is 1. The molecular formula is C14H24N2O7. The predicted octanol–water partition coefficient (Wildman–Crippen LogP) is -2.93. The van der Waals surface area contributed by atoms with Crippen molar-refractivity contribution in [3.63, 3.8) is 0 Å². The number of Topliss-reactive ketones (excluding diaryl/α,β-unsaturated/α-hetero) is 1. The van der Waals surface area contributed by atoms with Crippen LogP contribution in [0.15, 0.2) is 0 Å². The van der Waals surface area contributed by atoms with E-state index in [0.29, 0.717) is 0 Å². The molecule has 9 nitrogen and oxygen atoms in total. The van der Waals surface area contributed by atoms with Crippen LogP contribution in [0.2, 0.25) is 0 Å². The Morgan fingerprint density at radius 1 is 1.09 bits per heavy atom. The van der Waals surface area contributed by atoms with Gasteiger partial charge in [-0.3, -0.25) is 4.79 Å². The summed E-state index contributed by atoms with van der Waals surface area (Å²) in [6.45, 7) is 1.70. The molecule has 3 rings (SSSR count). The molecule has 132 valence electrons. The zero-order valence-corrected chi connectivity index (χ0v) is 13.3. The van der Waals surface area contributed by atoms with Crippen LogP contribution in [0, 0.1) is 0 Å². The second kappa shape index (κ2) is 6.01. The molecule has 23 heavy (non-hydrogen) atoms. The van der Waals surface area contributed by atoms with Crippen LogP contribution >= 0.6 is 0 Å². The summed E-state index contributed by atoms with van der Waals surface area (Å²) < 4.78 is 16.8. The Morgan fingerprint density at radius 2 is 1.74 bits per heavy atom. The summed E-state index contributed by atoms with van der Waals surface area (Å²) in [6.07, 6.45) is -5.58. The molecular weight excluding hydrogens is 308 g/mol. The number of likely N-dealkylation sites (N-methyl/N-ethyl adjacent to an activating group) is 2. The van der Waals surface area contributed by atoms with Crippen molar-refractivity contribution in [2.24, 2.45) is 0 Å². The maximum atomic E-state index is 12.2. The molecule has 5 N–H and O–H groups in total. The van der Waals surface area contributed by atoms with Gasteiger partial charge >= 0.3 is 0 Å². The molecule has 0 aromatic rings. The second-order valence-electron chi connectivity index (χ2n) is 6.40. The van der Waals surface area contributed by atoms with Crippen LogP contribution < -0.4 is 10.6 Å². The van der Waals surface area contributed by atoms with E-state index in [0.717, 1.165) is 0 Å². The normalized spacial score (nSPS) is 53.6. The lowest BCUT2D eigenvalue weighted by Gasteiger charge is -2.55. The number of carbonyl (C=O) groups excluding carboxylic acids is 1. The van der Waals surface area contributed by atoms with Gasteiger partial charge in [0.15, 0.2) is 5.78 Å². The highest BCUT2D eigenvalue weighted by Crippen LogP contribution is 2.40. The van der Waals surface area contributed by atoms with Crippen molar-refractivity contribution in [2.45, 2.75) is 68.0 Å². The van der Waals surface area contributed by atoms with E-state index in [4.69, 9.17) is 14.2 Å². The molecule has 9 atom stereocenters. The molecule has 0 aromatic carbocycles. The van der Waals surface area contributed by atoms with E-state index in [2.05, 4.69) is 10.6 Å². The van der Waals surface area contributed by atoms with E-state index in [1.807, 2.05) is 0 Å². The largest absolute Gasteiger partial charge is 0.390 e. The molecule has 0 aromatic heterocycles. The summed E-state index contributed by atoms with van der Waals surface area (Å²) in [5.41, 5.74) is 0. The van der Waals surface area contributed by atoms with Crippen LogP contribution in [0.3, 0.4) is 0 Å². The first-order valence-electron chi connectivity index (χ1n) is 7.78. The van der Waals surface area contributed by atoms with E-state index in [9.17, 15) is 20.1 Å². The first-order chi connectivity index (χ1) is 10.8. The Labute approximate surface area is 133 Å². The first kappa shape index (κ1) is 17.2. The van der Waals surface area contributed by atoms with Crippen LogP contribution in [0.5, 0.6) is 0 Å². The number of hydrogen-bond donors (Lipinski definition) is 5. The third-order valence-electron chi connectivity index (χ3n) is 4.93. The highest BCUT2D eigenvalue weighted by Gasteiger charge is 2.63. The Bertz CT molecular complexity index is 478. The van der Waals surface area contributed by atoms with E-state index in [1.54, 1.807) is 21.0 Å². The lowest BCUT2D eigenvalue weighted by Crippen LogP contribution is -2.77. The second-order valence-corrected chi connectivity index (χ2v) is 6.40. The van der Waals surface area contributed by atoms with Crippen molar-refractivity contribution >= 4 is 5.78 Å². The first-order valence-corrected chi connectivity index (χ1v) is 7.78. The number of aliphatic hydroxyl groups is 3. The minimum Gasteiger partial charge on any atom is -0.390 e. The fourth-order valence-electron chi connectivity index (χ4n) is 3.68. The number of aliphatic hydroxyl groups excluding tert-OH is 2. The highest BCUT2D eigenvalue weighted by atomic mass is 16.8. The lowest BCUT2D eigenvalue weighted by atomic mass is 9.80. The lowest BCUT2D eigenvalue weighted by molar-refractivity contribution is -0.420. The van der Waals surface area contributed by atoms with Crippen LogP contribution in [-0.2, 0) is 19.0 Å². The Morgan fingerprint density at radius 3 is 2.35 bits per heavy atom. The zero-order valence-electron chi connectivity index (χ0n) is 13.3. The Balaban J connectivity index is 1.92. The third kappa shape index (κ3) is 2.52. The fraction of sp³-hybridized carbons (Fsp3) is 0.929. The summed E-state index contributed by atoms with van der Waals surface area (Å²) in [5.74, 6) is -2.76. The molecule has 2 heterocycles. The van der Waals surface area contributed by atoms with Gasteiger partial charge in [0.05, 0.1) is 24.3 Å². The summed E-state index contributed by atoms with van der Waals surface area (Å²) >= 11 is 0. The van der Waals surface area contributed by atoms with Gasteiger partial charge in [-0.1, -0.05) is 0 Å². The number of hydrogen-bond acceptors (Lipinski definition) is 9. The quantitative estimate of drug-likeness (QED) is 0.361. The maximum absolute atomic E-state index is 12.2. The maximum Gasteiger partial charge on any atom is 0.280 e. The molecule has 2 aliphatic heterocycles. The van der Waals surface area contributed by atoms with E-state index in [-0.39, 0.29) is 6.42 Å². The number of fused-ring (bicyclic) bond motifs is 2. The molecule has 1 aliphatic carbocycles. The van der Waals surface area contributed by atoms with Gasteiger partial charge in [0.25, 0.3) is 5.79 Å². The summed E-state index contributed by atoms with van der Waals surface area (Å²) in [5, 5.41) is 37.2. The summed E-state index contributed by atoms with van der Waals surface area (Å²) in [4.78, 5) is 12.2. The van der Waals surface area contributed by atoms with Crippen LogP contribution in [0.25, 0.3) is 0 Å². The number of carbonyl (C=O) groups is 1. The molecule has 2 unspecified atom stereocenters. The molecule has 0 amide bonds. The average Bonchev–Trinajstić information content (AvgIpc) is 2.49. The van der Waals surface area contributed by atoms with Crippen LogP contribution in [-0.4, -0.2) is 89.9 Å². The minimum atomic E-state index is -2.23. The molecule has 0 radical (unpaired) electrons. The van der Waals surface area contributed by atoms with Crippen LogP contribution in [0.4, 0.5) is 0 Å².